The summed E-state index contributed by atoms with van der Waals surface area (Å²) in [5.74, 6) is -1.08. The number of halogens is 1. The van der Waals surface area contributed by atoms with E-state index in [2.05, 4.69) is 5.32 Å². The topological polar surface area (TPSA) is 55.4 Å². The number of benzene rings is 1. The van der Waals surface area contributed by atoms with E-state index in [4.69, 9.17) is 4.74 Å². The Labute approximate surface area is 117 Å². The summed E-state index contributed by atoms with van der Waals surface area (Å²) in [5.41, 5.74) is 0.107. The second kappa shape index (κ2) is 7.03. The highest BCUT2D eigenvalue weighted by molar-refractivity contribution is 5.81. The summed E-state index contributed by atoms with van der Waals surface area (Å²) in [7, 11) is 0. The zero-order valence-electron chi connectivity index (χ0n) is 11.2. The van der Waals surface area contributed by atoms with Gasteiger partial charge in [0.25, 0.3) is 5.91 Å². The van der Waals surface area contributed by atoms with Crippen molar-refractivity contribution < 1.29 is 18.7 Å². The van der Waals surface area contributed by atoms with E-state index < -0.39 is 5.82 Å². The van der Waals surface area contributed by atoms with Gasteiger partial charge < -0.3 is 10.1 Å². The van der Waals surface area contributed by atoms with Crippen molar-refractivity contribution in [3.63, 3.8) is 0 Å². The lowest BCUT2D eigenvalue weighted by Gasteiger charge is -2.22. The second-order valence-corrected chi connectivity index (χ2v) is 4.97. The van der Waals surface area contributed by atoms with E-state index in [-0.39, 0.29) is 29.9 Å². The molecular weight excluding hydrogens is 261 g/mol. The van der Waals surface area contributed by atoms with Crippen LogP contribution in [0.5, 0.6) is 5.75 Å². The smallest absolute Gasteiger partial charge is 0.258 e. The zero-order valence-corrected chi connectivity index (χ0v) is 11.2. The normalized spacial score (nSPS) is 15.7. The van der Waals surface area contributed by atoms with Gasteiger partial charge >= 0.3 is 0 Å². The second-order valence-electron chi connectivity index (χ2n) is 4.97. The highest BCUT2D eigenvalue weighted by Gasteiger charge is 2.17. The Morgan fingerprint density at radius 1 is 1.35 bits per heavy atom. The van der Waals surface area contributed by atoms with Crippen LogP contribution in [0.3, 0.4) is 0 Å². The van der Waals surface area contributed by atoms with Crippen LogP contribution in [0.1, 0.15) is 42.5 Å². The molecule has 1 aliphatic rings. The maximum atomic E-state index is 13.5. The van der Waals surface area contributed by atoms with Crippen molar-refractivity contribution in [1.29, 1.82) is 0 Å². The van der Waals surface area contributed by atoms with Gasteiger partial charge in [0.15, 0.2) is 24.5 Å². The van der Waals surface area contributed by atoms with Crippen molar-refractivity contribution in [3.05, 3.63) is 29.6 Å². The molecule has 20 heavy (non-hydrogen) atoms. The number of hydrogen-bond donors (Lipinski definition) is 1. The van der Waals surface area contributed by atoms with Crippen molar-refractivity contribution in [2.24, 2.45) is 0 Å². The molecule has 0 bridgehead atoms. The van der Waals surface area contributed by atoms with Crippen LogP contribution in [0, 0.1) is 5.82 Å². The average molecular weight is 279 g/mol. The third-order valence-electron chi connectivity index (χ3n) is 3.44. The van der Waals surface area contributed by atoms with Gasteiger partial charge in [-0.25, -0.2) is 4.39 Å². The minimum absolute atomic E-state index is 0.107. The fourth-order valence-corrected chi connectivity index (χ4v) is 2.42. The first-order valence-corrected chi connectivity index (χ1v) is 6.86. The molecule has 4 nitrogen and oxygen atoms in total. The van der Waals surface area contributed by atoms with Gasteiger partial charge in [-0.05, 0) is 25.0 Å². The Balaban J connectivity index is 1.88. The summed E-state index contributed by atoms with van der Waals surface area (Å²) in [6.07, 6.45) is 5.91. The first kappa shape index (κ1) is 14.5. The standard InChI is InChI=1S/C15H18FNO3/c16-13-8-4-5-11(9-18)15(13)20-10-14(19)17-12-6-2-1-3-7-12/h4-5,8-9,12H,1-3,6-7,10H2,(H,17,19). The number of nitrogens with one attached hydrogen (secondary N) is 1. The maximum absolute atomic E-state index is 13.5. The van der Waals surface area contributed by atoms with Crippen LogP contribution >= 0.6 is 0 Å². The summed E-state index contributed by atoms with van der Waals surface area (Å²) in [6, 6.07) is 4.26. The molecule has 2 rings (SSSR count). The van der Waals surface area contributed by atoms with Crippen molar-refractivity contribution in [1.82, 2.24) is 5.32 Å². The van der Waals surface area contributed by atoms with Crippen LogP contribution in [0.15, 0.2) is 18.2 Å². The van der Waals surface area contributed by atoms with Crippen molar-refractivity contribution in [2.75, 3.05) is 6.61 Å². The predicted octanol–water partition coefficient (Wildman–Crippen LogP) is 2.47. The highest BCUT2D eigenvalue weighted by Crippen LogP contribution is 2.21. The minimum Gasteiger partial charge on any atom is -0.480 e. The summed E-state index contributed by atoms with van der Waals surface area (Å²) >= 11 is 0. The van der Waals surface area contributed by atoms with Crippen LogP contribution in [0.4, 0.5) is 4.39 Å². The predicted molar refractivity (Wildman–Crippen MR) is 72.3 cm³/mol. The number of rotatable bonds is 5. The molecule has 0 saturated heterocycles. The minimum atomic E-state index is -0.639. The number of aldehydes is 1. The van der Waals surface area contributed by atoms with Gasteiger partial charge in [-0.2, -0.15) is 0 Å². The number of carbonyl (C=O) groups excluding carboxylic acids is 2. The summed E-state index contributed by atoms with van der Waals surface area (Å²) in [4.78, 5) is 22.5. The number of carbonyl (C=O) groups is 2. The van der Waals surface area contributed by atoms with E-state index in [0.29, 0.717) is 6.29 Å². The lowest BCUT2D eigenvalue weighted by Crippen LogP contribution is -2.39. The lowest BCUT2D eigenvalue weighted by atomic mass is 9.95. The molecule has 1 saturated carbocycles. The quantitative estimate of drug-likeness (QED) is 0.842. The van der Waals surface area contributed by atoms with E-state index in [9.17, 15) is 14.0 Å². The molecule has 0 aliphatic heterocycles. The fourth-order valence-electron chi connectivity index (χ4n) is 2.42. The van der Waals surface area contributed by atoms with Gasteiger partial charge in [0, 0.05) is 6.04 Å². The number of hydrogen-bond acceptors (Lipinski definition) is 3. The van der Waals surface area contributed by atoms with Gasteiger partial charge in [0.1, 0.15) is 0 Å². The molecule has 0 aromatic heterocycles. The molecule has 1 N–H and O–H groups in total. The van der Waals surface area contributed by atoms with Crippen LogP contribution in [-0.4, -0.2) is 24.8 Å². The average Bonchev–Trinajstić information content (AvgIpc) is 2.46. The Morgan fingerprint density at radius 2 is 2.10 bits per heavy atom. The number of para-hydroxylation sites is 1. The van der Waals surface area contributed by atoms with Crippen molar-refractivity contribution in [3.8, 4) is 5.75 Å². The molecule has 108 valence electrons. The van der Waals surface area contributed by atoms with Gasteiger partial charge in [-0.1, -0.05) is 25.3 Å². The third-order valence-corrected chi connectivity index (χ3v) is 3.44. The van der Waals surface area contributed by atoms with E-state index in [1.165, 1.54) is 24.6 Å². The molecular formula is C15H18FNO3. The lowest BCUT2D eigenvalue weighted by molar-refractivity contribution is -0.124. The Morgan fingerprint density at radius 3 is 2.80 bits per heavy atom. The molecule has 1 aliphatic carbocycles. The molecule has 5 heteroatoms. The molecule has 1 aromatic rings. The van der Waals surface area contributed by atoms with E-state index in [1.54, 1.807) is 0 Å². The van der Waals surface area contributed by atoms with Crippen molar-refractivity contribution >= 4 is 12.2 Å². The highest BCUT2D eigenvalue weighted by atomic mass is 19.1. The van der Waals surface area contributed by atoms with Gasteiger partial charge in [0.05, 0.1) is 5.56 Å². The summed E-state index contributed by atoms with van der Waals surface area (Å²) < 4.78 is 18.7. The molecule has 0 heterocycles. The molecule has 1 aromatic carbocycles. The van der Waals surface area contributed by atoms with Gasteiger partial charge in [-0.3, -0.25) is 9.59 Å². The summed E-state index contributed by atoms with van der Waals surface area (Å²) in [5, 5.41) is 2.87. The zero-order chi connectivity index (χ0) is 14.4. The largest absolute Gasteiger partial charge is 0.480 e. The molecule has 0 unspecified atom stereocenters. The van der Waals surface area contributed by atoms with Crippen LogP contribution in [0.25, 0.3) is 0 Å². The molecule has 1 fully saturated rings. The molecule has 0 atom stereocenters. The van der Waals surface area contributed by atoms with Gasteiger partial charge in [-0.15, -0.1) is 0 Å². The molecule has 0 radical (unpaired) electrons. The first-order valence-electron chi connectivity index (χ1n) is 6.86. The van der Waals surface area contributed by atoms with Crippen molar-refractivity contribution in [2.45, 2.75) is 38.1 Å². The fraction of sp³-hybridized carbons (Fsp3) is 0.467. The Kier molecular flexibility index (Phi) is 5.09. The summed E-state index contributed by atoms with van der Waals surface area (Å²) in [6.45, 7) is -0.279. The van der Waals surface area contributed by atoms with Crippen LogP contribution < -0.4 is 10.1 Å². The van der Waals surface area contributed by atoms with E-state index >= 15 is 0 Å². The SMILES string of the molecule is O=Cc1cccc(F)c1OCC(=O)NC1CCCCC1. The monoisotopic (exact) mass is 279 g/mol. The Hall–Kier alpha value is -1.91. The Bertz CT molecular complexity index is 484. The molecule has 1 amide bonds. The van der Waals surface area contributed by atoms with E-state index in [1.807, 2.05) is 0 Å². The van der Waals surface area contributed by atoms with Crippen LogP contribution in [0.2, 0.25) is 0 Å². The van der Waals surface area contributed by atoms with E-state index in [0.717, 1.165) is 25.7 Å². The molecule has 0 spiro atoms. The third kappa shape index (κ3) is 3.79. The number of ether oxygens (including phenoxy) is 1. The van der Waals surface area contributed by atoms with Gasteiger partial charge in [0.2, 0.25) is 0 Å². The maximum Gasteiger partial charge on any atom is 0.258 e. The first-order chi connectivity index (χ1) is 9.70. The number of amides is 1. The van der Waals surface area contributed by atoms with Crippen LogP contribution in [-0.2, 0) is 4.79 Å².